The van der Waals surface area contributed by atoms with E-state index in [9.17, 15) is 5.11 Å². The second kappa shape index (κ2) is 9.13. The summed E-state index contributed by atoms with van der Waals surface area (Å²) in [5, 5.41) is 9.78. The molecule has 4 nitrogen and oxygen atoms in total. The topological polar surface area (TPSA) is 47.9 Å². The lowest BCUT2D eigenvalue weighted by Gasteiger charge is -2.11. The van der Waals surface area contributed by atoms with Gasteiger partial charge in [-0.05, 0) is 5.56 Å². The van der Waals surface area contributed by atoms with Crippen LogP contribution >= 0.6 is 0 Å². The van der Waals surface area contributed by atoms with Gasteiger partial charge in [0.05, 0.1) is 33.0 Å². The van der Waals surface area contributed by atoms with Crippen molar-refractivity contribution >= 4 is 0 Å². The van der Waals surface area contributed by atoms with Crippen LogP contribution in [0.25, 0.3) is 0 Å². The third-order valence-electron chi connectivity index (χ3n) is 2.26. The molecular weight excluding hydrogens is 220 g/mol. The molecule has 0 spiro atoms. The zero-order valence-corrected chi connectivity index (χ0v) is 10.2. The molecule has 0 fully saturated rings. The molecule has 0 aliphatic rings. The Morgan fingerprint density at radius 3 is 2.35 bits per heavy atom. The van der Waals surface area contributed by atoms with Crippen molar-refractivity contribution in [1.29, 1.82) is 0 Å². The standard InChI is InChI=1S/C13H20O4/c1-15-7-8-16-9-10-17-11-13(14)12-5-3-2-4-6-12/h2-6,13-14H,7-11H2,1H3. The molecule has 1 atom stereocenters. The molecule has 1 unspecified atom stereocenters. The highest BCUT2D eigenvalue weighted by molar-refractivity contribution is 5.17. The first-order chi connectivity index (χ1) is 8.34. The van der Waals surface area contributed by atoms with Crippen molar-refractivity contribution in [2.75, 3.05) is 40.1 Å². The van der Waals surface area contributed by atoms with Gasteiger partial charge >= 0.3 is 0 Å². The minimum Gasteiger partial charge on any atom is -0.386 e. The number of hydrogen-bond donors (Lipinski definition) is 1. The van der Waals surface area contributed by atoms with Gasteiger partial charge < -0.3 is 19.3 Å². The predicted octanol–water partition coefficient (Wildman–Crippen LogP) is 1.40. The Kier molecular flexibility index (Phi) is 7.58. The Bertz CT molecular complexity index is 276. The lowest BCUT2D eigenvalue weighted by Crippen LogP contribution is -2.12. The third kappa shape index (κ3) is 6.38. The van der Waals surface area contributed by atoms with Crippen LogP contribution in [0.2, 0.25) is 0 Å². The van der Waals surface area contributed by atoms with Crippen LogP contribution in [-0.4, -0.2) is 45.3 Å². The third-order valence-corrected chi connectivity index (χ3v) is 2.26. The van der Waals surface area contributed by atoms with Crippen LogP contribution in [0.3, 0.4) is 0 Å². The van der Waals surface area contributed by atoms with E-state index >= 15 is 0 Å². The van der Waals surface area contributed by atoms with E-state index in [2.05, 4.69) is 0 Å². The van der Waals surface area contributed by atoms with Gasteiger partial charge in [0.2, 0.25) is 0 Å². The number of aliphatic hydroxyl groups is 1. The van der Waals surface area contributed by atoms with Crippen LogP contribution in [0, 0.1) is 0 Å². The molecule has 1 aromatic rings. The molecule has 0 heterocycles. The van der Waals surface area contributed by atoms with Crippen LogP contribution < -0.4 is 0 Å². The number of hydrogen-bond acceptors (Lipinski definition) is 4. The van der Waals surface area contributed by atoms with Gasteiger partial charge in [-0.3, -0.25) is 0 Å². The van der Waals surface area contributed by atoms with Crippen molar-refractivity contribution in [1.82, 2.24) is 0 Å². The van der Waals surface area contributed by atoms with E-state index in [1.165, 1.54) is 0 Å². The fourth-order valence-corrected chi connectivity index (χ4v) is 1.33. The van der Waals surface area contributed by atoms with E-state index < -0.39 is 6.10 Å². The van der Waals surface area contributed by atoms with Crippen molar-refractivity contribution in [2.45, 2.75) is 6.10 Å². The van der Waals surface area contributed by atoms with Crippen LogP contribution in [0.15, 0.2) is 30.3 Å². The van der Waals surface area contributed by atoms with Crippen molar-refractivity contribution in [3.8, 4) is 0 Å². The van der Waals surface area contributed by atoms with Gasteiger partial charge in [-0.1, -0.05) is 30.3 Å². The highest BCUT2D eigenvalue weighted by Gasteiger charge is 2.05. The van der Waals surface area contributed by atoms with Gasteiger partial charge in [0.25, 0.3) is 0 Å². The predicted molar refractivity (Wildman–Crippen MR) is 64.9 cm³/mol. The maximum absolute atomic E-state index is 9.78. The van der Waals surface area contributed by atoms with Crippen LogP contribution in [0.4, 0.5) is 0 Å². The molecule has 0 bridgehead atoms. The van der Waals surface area contributed by atoms with Gasteiger partial charge in [-0.25, -0.2) is 0 Å². The summed E-state index contributed by atoms with van der Waals surface area (Å²) >= 11 is 0. The van der Waals surface area contributed by atoms with Crippen molar-refractivity contribution in [2.24, 2.45) is 0 Å². The minimum absolute atomic E-state index is 0.289. The summed E-state index contributed by atoms with van der Waals surface area (Å²) in [5.74, 6) is 0. The maximum atomic E-state index is 9.78. The number of benzene rings is 1. The molecule has 0 amide bonds. The minimum atomic E-state index is -0.574. The summed E-state index contributed by atoms with van der Waals surface area (Å²) in [5.41, 5.74) is 0.868. The molecule has 0 aliphatic heterocycles. The molecule has 0 aromatic heterocycles. The summed E-state index contributed by atoms with van der Waals surface area (Å²) in [6.07, 6.45) is -0.574. The largest absolute Gasteiger partial charge is 0.386 e. The monoisotopic (exact) mass is 240 g/mol. The van der Waals surface area contributed by atoms with Crippen LogP contribution in [0.1, 0.15) is 11.7 Å². The molecule has 0 radical (unpaired) electrons. The summed E-state index contributed by atoms with van der Waals surface area (Å²) in [4.78, 5) is 0. The fraction of sp³-hybridized carbons (Fsp3) is 0.538. The van der Waals surface area contributed by atoms with Gasteiger partial charge in [0, 0.05) is 7.11 Å². The lowest BCUT2D eigenvalue weighted by molar-refractivity contribution is -0.00590. The fourth-order valence-electron chi connectivity index (χ4n) is 1.33. The second-order valence-electron chi connectivity index (χ2n) is 3.61. The summed E-state index contributed by atoms with van der Waals surface area (Å²) < 4.78 is 15.4. The Morgan fingerprint density at radius 1 is 1.00 bits per heavy atom. The summed E-state index contributed by atoms with van der Waals surface area (Å²) in [7, 11) is 1.63. The second-order valence-corrected chi connectivity index (χ2v) is 3.61. The average molecular weight is 240 g/mol. The van der Waals surface area contributed by atoms with Crippen LogP contribution in [0.5, 0.6) is 0 Å². The average Bonchev–Trinajstić information content (AvgIpc) is 2.38. The molecule has 96 valence electrons. The quantitative estimate of drug-likeness (QED) is 0.663. The highest BCUT2D eigenvalue weighted by Crippen LogP contribution is 2.11. The molecule has 0 saturated heterocycles. The van der Waals surface area contributed by atoms with Gasteiger partial charge in [0.1, 0.15) is 6.10 Å². The highest BCUT2D eigenvalue weighted by atomic mass is 16.5. The molecule has 0 aliphatic carbocycles. The molecule has 1 N–H and O–H groups in total. The Morgan fingerprint density at radius 2 is 1.65 bits per heavy atom. The SMILES string of the molecule is COCCOCCOCC(O)c1ccccc1. The number of ether oxygens (including phenoxy) is 3. The van der Waals surface area contributed by atoms with E-state index in [1.807, 2.05) is 30.3 Å². The van der Waals surface area contributed by atoms with Crippen molar-refractivity contribution in [3.05, 3.63) is 35.9 Å². The smallest absolute Gasteiger partial charge is 0.102 e. The van der Waals surface area contributed by atoms with Crippen molar-refractivity contribution < 1.29 is 19.3 Å². The molecule has 0 saturated carbocycles. The van der Waals surface area contributed by atoms with E-state index in [0.717, 1.165) is 5.56 Å². The summed E-state index contributed by atoms with van der Waals surface area (Å²) in [6.45, 7) is 2.45. The first-order valence-electron chi connectivity index (χ1n) is 5.72. The number of aliphatic hydroxyl groups excluding tert-OH is 1. The van der Waals surface area contributed by atoms with E-state index in [0.29, 0.717) is 26.4 Å². The molecule has 4 heteroatoms. The zero-order valence-electron chi connectivity index (χ0n) is 10.2. The van der Waals surface area contributed by atoms with E-state index in [-0.39, 0.29) is 6.61 Å². The molecular formula is C13H20O4. The van der Waals surface area contributed by atoms with Gasteiger partial charge in [-0.15, -0.1) is 0 Å². The summed E-state index contributed by atoms with van der Waals surface area (Å²) in [6, 6.07) is 9.46. The van der Waals surface area contributed by atoms with Gasteiger partial charge in [0.15, 0.2) is 0 Å². The van der Waals surface area contributed by atoms with E-state index in [1.54, 1.807) is 7.11 Å². The molecule has 1 aromatic carbocycles. The first kappa shape index (κ1) is 14.1. The Balaban J connectivity index is 2.03. The van der Waals surface area contributed by atoms with Gasteiger partial charge in [-0.2, -0.15) is 0 Å². The van der Waals surface area contributed by atoms with Crippen LogP contribution in [-0.2, 0) is 14.2 Å². The molecule has 1 rings (SSSR count). The molecule has 17 heavy (non-hydrogen) atoms. The zero-order chi connectivity index (χ0) is 12.3. The van der Waals surface area contributed by atoms with E-state index in [4.69, 9.17) is 14.2 Å². The number of methoxy groups -OCH3 is 1. The number of rotatable bonds is 9. The Labute approximate surface area is 102 Å². The first-order valence-corrected chi connectivity index (χ1v) is 5.72. The Hall–Kier alpha value is -0.940. The normalized spacial score (nSPS) is 12.6. The lowest BCUT2D eigenvalue weighted by atomic mass is 10.1. The van der Waals surface area contributed by atoms with Crippen molar-refractivity contribution in [3.63, 3.8) is 0 Å². The maximum Gasteiger partial charge on any atom is 0.102 e.